The topological polar surface area (TPSA) is 119 Å². The molecule has 2 amide bonds. The Kier molecular flexibility index (Phi) is 11.4. The van der Waals surface area contributed by atoms with Crippen molar-refractivity contribution in [3.63, 3.8) is 0 Å². The van der Waals surface area contributed by atoms with Crippen LogP contribution in [0.1, 0.15) is 98.8 Å². The molecule has 0 radical (unpaired) electrons. The first-order valence-electron chi connectivity index (χ1n) is 20.3. The zero-order chi connectivity index (χ0) is 41.0. The lowest BCUT2D eigenvalue weighted by atomic mass is 9.99. The summed E-state index contributed by atoms with van der Waals surface area (Å²) in [5, 5.41) is 0. The number of carbonyl (C=O) groups excluding carboxylic acids is 3. The van der Waals surface area contributed by atoms with Crippen molar-refractivity contribution in [1.29, 1.82) is 0 Å². The molecule has 302 valence electrons. The van der Waals surface area contributed by atoms with Gasteiger partial charge in [0.05, 0.1) is 67.6 Å². The molecule has 2 atom stereocenters. The van der Waals surface area contributed by atoms with Gasteiger partial charge in [-0.1, -0.05) is 56.2 Å². The molecule has 0 unspecified atom stereocenters. The number of benzene rings is 4. The Morgan fingerprint density at radius 1 is 0.695 bits per heavy atom. The molecule has 11 heteroatoms. The molecule has 0 aliphatic carbocycles. The van der Waals surface area contributed by atoms with Gasteiger partial charge in [-0.15, -0.1) is 0 Å². The molecule has 4 aliphatic heterocycles. The molecule has 4 aromatic carbocycles. The number of hydrogen-bond acceptors (Lipinski definition) is 9. The maximum Gasteiger partial charge on any atom is 0.337 e. The summed E-state index contributed by atoms with van der Waals surface area (Å²) in [6, 6.07) is 22.6. The van der Waals surface area contributed by atoms with Gasteiger partial charge in [0.25, 0.3) is 11.8 Å². The number of unbranched alkanes of at least 4 members (excludes halogenated alkanes) is 2. The predicted octanol–water partition coefficient (Wildman–Crippen LogP) is 9.31. The Morgan fingerprint density at radius 2 is 1.25 bits per heavy atom. The van der Waals surface area contributed by atoms with Gasteiger partial charge in [0.1, 0.15) is 5.75 Å². The summed E-state index contributed by atoms with van der Waals surface area (Å²) in [6.07, 6.45) is 14.1. The number of esters is 1. The molecular formula is C48H48N4O7. The van der Waals surface area contributed by atoms with Crippen LogP contribution in [0.4, 0.5) is 11.4 Å². The van der Waals surface area contributed by atoms with E-state index in [0.29, 0.717) is 77.8 Å². The maximum atomic E-state index is 13.9. The Morgan fingerprint density at radius 3 is 1.83 bits per heavy atom. The normalized spacial score (nSPS) is 17.6. The molecule has 0 spiro atoms. The van der Waals surface area contributed by atoms with Gasteiger partial charge in [-0.2, -0.15) is 0 Å². The molecule has 4 aromatic rings. The van der Waals surface area contributed by atoms with Crippen LogP contribution < -0.4 is 14.2 Å². The molecule has 0 N–H and O–H groups in total. The number of hydrogen-bond donors (Lipinski definition) is 0. The van der Waals surface area contributed by atoms with Crippen LogP contribution >= 0.6 is 0 Å². The molecule has 11 nitrogen and oxygen atoms in total. The second-order valence-electron chi connectivity index (χ2n) is 15.3. The van der Waals surface area contributed by atoms with Gasteiger partial charge in [-0.3, -0.25) is 19.6 Å². The van der Waals surface area contributed by atoms with Gasteiger partial charge in [0, 0.05) is 56.2 Å². The zero-order valence-corrected chi connectivity index (χ0v) is 33.9. The van der Waals surface area contributed by atoms with Gasteiger partial charge in [-0.05, 0) is 77.4 Å². The van der Waals surface area contributed by atoms with E-state index in [4.69, 9.17) is 28.9 Å². The molecule has 8 rings (SSSR count). The molecule has 0 fully saturated rings. The van der Waals surface area contributed by atoms with Crippen LogP contribution in [0.3, 0.4) is 0 Å². The van der Waals surface area contributed by atoms with E-state index in [9.17, 15) is 14.4 Å². The van der Waals surface area contributed by atoms with Crippen LogP contribution in [0.5, 0.6) is 17.2 Å². The molecule has 59 heavy (non-hydrogen) atoms. The molecule has 4 aliphatic rings. The third kappa shape index (κ3) is 8.14. The number of aliphatic imine (C=N–C) groups is 2. The second kappa shape index (κ2) is 17.2. The third-order valence-corrected chi connectivity index (χ3v) is 11.3. The van der Waals surface area contributed by atoms with E-state index < -0.39 is 5.97 Å². The van der Waals surface area contributed by atoms with Crippen molar-refractivity contribution in [2.75, 3.05) is 27.4 Å². The van der Waals surface area contributed by atoms with Crippen molar-refractivity contribution in [1.82, 2.24) is 9.80 Å². The standard InChI is InChI=1S/C48H48N4O7/c1-5-6-7-9-31-10-12-32(13-11-31)35-21-38-27-50-42-25-45(44(56-3)23-40(42)47(54)52(38)28-35)59-19-8-18-58-43-24-41-39(20-30(43)2)46(53)51-29-36(22-37(51)26-49-41)33-14-16-34(17-15-33)48(55)57-4/h10-17,20,23-29,37-38H,5-9,18-19,21-22H2,1-4H3/t37-,38-/m0/s1. The highest BCUT2D eigenvalue weighted by molar-refractivity contribution is 6.06. The quantitative estimate of drug-likeness (QED) is 0.0923. The first-order chi connectivity index (χ1) is 28.7. The van der Waals surface area contributed by atoms with Crippen LogP contribution in [-0.4, -0.2) is 79.5 Å². The fourth-order valence-electron chi connectivity index (χ4n) is 7.98. The van der Waals surface area contributed by atoms with Crippen molar-refractivity contribution in [2.24, 2.45) is 9.98 Å². The average Bonchev–Trinajstić information content (AvgIpc) is 3.84. The highest BCUT2D eigenvalue weighted by Gasteiger charge is 2.35. The van der Waals surface area contributed by atoms with E-state index in [1.165, 1.54) is 31.9 Å². The minimum absolute atomic E-state index is 0.125. The lowest BCUT2D eigenvalue weighted by Gasteiger charge is -2.19. The summed E-state index contributed by atoms with van der Waals surface area (Å²) in [5.41, 5.74) is 8.86. The van der Waals surface area contributed by atoms with E-state index in [0.717, 1.165) is 34.3 Å². The minimum Gasteiger partial charge on any atom is -0.493 e. The lowest BCUT2D eigenvalue weighted by Crippen LogP contribution is -2.32. The van der Waals surface area contributed by atoms with E-state index in [1.54, 1.807) is 47.4 Å². The first kappa shape index (κ1) is 39.3. The van der Waals surface area contributed by atoms with Crippen molar-refractivity contribution >= 4 is 52.7 Å². The molecule has 0 saturated heterocycles. The van der Waals surface area contributed by atoms with E-state index >= 15 is 0 Å². The Bertz CT molecular complexity index is 2400. The van der Waals surface area contributed by atoms with Gasteiger partial charge in [0.2, 0.25) is 0 Å². The van der Waals surface area contributed by atoms with E-state index in [-0.39, 0.29) is 23.9 Å². The summed E-state index contributed by atoms with van der Waals surface area (Å²) in [4.78, 5) is 52.4. The number of fused-ring (bicyclic) bond motifs is 4. The average molecular weight is 793 g/mol. The third-order valence-electron chi connectivity index (χ3n) is 11.3. The number of amides is 2. The summed E-state index contributed by atoms with van der Waals surface area (Å²) in [7, 11) is 2.91. The predicted molar refractivity (Wildman–Crippen MR) is 229 cm³/mol. The lowest BCUT2D eigenvalue weighted by molar-refractivity contribution is 0.0600. The highest BCUT2D eigenvalue weighted by atomic mass is 16.5. The summed E-state index contributed by atoms with van der Waals surface area (Å²) < 4.78 is 22.8. The molecule has 0 bridgehead atoms. The molecule has 0 saturated carbocycles. The van der Waals surface area contributed by atoms with Crippen LogP contribution in [0.2, 0.25) is 0 Å². The van der Waals surface area contributed by atoms with E-state index in [2.05, 4.69) is 31.2 Å². The van der Waals surface area contributed by atoms with Crippen LogP contribution in [0, 0.1) is 6.92 Å². The van der Waals surface area contributed by atoms with Crippen molar-refractivity contribution < 1.29 is 33.3 Å². The molecule has 4 heterocycles. The van der Waals surface area contributed by atoms with Crippen molar-refractivity contribution in [3.8, 4) is 17.2 Å². The minimum atomic E-state index is -0.393. The molecular weight excluding hydrogens is 745 g/mol. The number of aryl methyl sites for hydroxylation is 2. The SMILES string of the molecule is CCCCCc1ccc(C2=CN3C(=O)c4cc(OC)c(OCCCOc5cc6c(cc5C)C(=O)N5C=C(c7ccc(C(=O)OC)cc7)C[C@H]5C=N6)cc4N=C[C@@H]3C2)cc1. The monoisotopic (exact) mass is 792 g/mol. The number of nitrogens with zero attached hydrogens (tertiary/aromatic N) is 4. The number of ether oxygens (including phenoxy) is 4. The first-order valence-corrected chi connectivity index (χ1v) is 20.3. The smallest absolute Gasteiger partial charge is 0.337 e. The van der Waals surface area contributed by atoms with Crippen LogP contribution in [-0.2, 0) is 11.2 Å². The fourth-order valence-corrected chi connectivity index (χ4v) is 7.98. The second-order valence-corrected chi connectivity index (χ2v) is 15.3. The van der Waals surface area contributed by atoms with Gasteiger partial charge < -0.3 is 28.7 Å². The Hall–Kier alpha value is -6.49. The Balaban J connectivity index is 0.873. The van der Waals surface area contributed by atoms with Crippen LogP contribution in [0.15, 0.2) is 95.2 Å². The van der Waals surface area contributed by atoms with Gasteiger partial charge in [0.15, 0.2) is 11.5 Å². The highest BCUT2D eigenvalue weighted by Crippen LogP contribution is 2.41. The molecule has 0 aromatic heterocycles. The summed E-state index contributed by atoms with van der Waals surface area (Å²) in [5.74, 6) is 0.948. The number of carbonyl (C=O) groups is 3. The number of methoxy groups -OCH3 is 2. The van der Waals surface area contributed by atoms with Crippen molar-refractivity contribution in [2.45, 2.75) is 70.9 Å². The van der Waals surface area contributed by atoms with E-state index in [1.807, 2.05) is 49.8 Å². The summed E-state index contributed by atoms with van der Waals surface area (Å²) >= 11 is 0. The van der Waals surface area contributed by atoms with Crippen LogP contribution in [0.25, 0.3) is 11.1 Å². The van der Waals surface area contributed by atoms with Crippen molar-refractivity contribution in [3.05, 3.63) is 124 Å². The van der Waals surface area contributed by atoms with Gasteiger partial charge >= 0.3 is 5.97 Å². The summed E-state index contributed by atoms with van der Waals surface area (Å²) in [6.45, 7) is 4.83. The largest absolute Gasteiger partial charge is 0.493 e. The maximum absolute atomic E-state index is 13.9. The van der Waals surface area contributed by atoms with Gasteiger partial charge in [-0.25, -0.2) is 4.79 Å². The zero-order valence-electron chi connectivity index (χ0n) is 33.9. The number of rotatable bonds is 14. The fraction of sp³-hybridized carbons (Fsp3) is 0.312. The Labute approximate surface area is 344 Å².